The van der Waals surface area contributed by atoms with Crippen LogP contribution in [0.4, 0.5) is 8.78 Å². The van der Waals surface area contributed by atoms with E-state index in [9.17, 15) is 17.2 Å². The number of nitrogens with one attached hydrogen (secondary N) is 2. The van der Waals surface area contributed by atoms with Crippen LogP contribution in [0.1, 0.15) is 6.42 Å². The van der Waals surface area contributed by atoms with Crippen molar-refractivity contribution in [1.82, 2.24) is 10.0 Å². The average Bonchev–Trinajstić information content (AvgIpc) is 2.24. The van der Waals surface area contributed by atoms with Gasteiger partial charge in [-0.25, -0.2) is 21.9 Å². The van der Waals surface area contributed by atoms with Gasteiger partial charge in [0.2, 0.25) is 10.0 Å². The van der Waals surface area contributed by atoms with E-state index in [0.717, 1.165) is 12.1 Å². The van der Waals surface area contributed by atoms with Crippen LogP contribution in [-0.2, 0) is 10.0 Å². The molecule has 0 radical (unpaired) electrons. The van der Waals surface area contributed by atoms with Crippen LogP contribution in [0.2, 0.25) is 0 Å². The summed E-state index contributed by atoms with van der Waals surface area (Å²) in [6.45, 7) is 0.842. The van der Waals surface area contributed by atoms with E-state index in [1.807, 2.05) is 0 Å². The first-order valence-corrected chi connectivity index (χ1v) is 6.55. The third-order valence-corrected chi connectivity index (χ3v) is 3.57. The van der Waals surface area contributed by atoms with Gasteiger partial charge in [0, 0.05) is 12.6 Å². The minimum Gasteiger partial charge on any atom is -0.320 e. The predicted molar refractivity (Wildman–Crippen MR) is 60.1 cm³/mol. The zero-order chi connectivity index (χ0) is 12.9. The van der Waals surface area contributed by atoms with Gasteiger partial charge in [-0.15, -0.1) is 0 Å². The lowest BCUT2D eigenvalue weighted by Gasteiger charge is -2.07. The zero-order valence-electron chi connectivity index (χ0n) is 9.33. The van der Waals surface area contributed by atoms with E-state index >= 15 is 0 Å². The molecule has 1 aromatic carbocycles. The molecule has 0 spiro atoms. The number of hydrogen-bond acceptors (Lipinski definition) is 3. The molecular weight excluding hydrogens is 250 g/mol. The van der Waals surface area contributed by atoms with Crippen molar-refractivity contribution in [2.45, 2.75) is 11.3 Å². The Morgan fingerprint density at radius 3 is 2.53 bits per heavy atom. The fraction of sp³-hybridized carbons (Fsp3) is 0.400. The number of benzene rings is 1. The molecule has 0 atom stereocenters. The van der Waals surface area contributed by atoms with Gasteiger partial charge >= 0.3 is 0 Å². The highest BCUT2D eigenvalue weighted by atomic mass is 32.2. The second-order valence-corrected chi connectivity index (χ2v) is 5.17. The summed E-state index contributed by atoms with van der Waals surface area (Å²) in [4.78, 5) is -0.539. The summed E-state index contributed by atoms with van der Waals surface area (Å²) >= 11 is 0. The van der Waals surface area contributed by atoms with E-state index in [1.165, 1.54) is 0 Å². The Morgan fingerprint density at radius 1 is 1.24 bits per heavy atom. The molecule has 0 aliphatic rings. The van der Waals surface area contributed by atoms with Crippen LogP contribution in [0.3, 0.4) is 0 Å². The third-order valence-electron chi connectivity index (χ3n) is 2.08. The SMILES string of the molecule is CNCCCNS(=O)(=O)c1ccc(F)cc1F. The van der Waals surface area contributed by atoms with Crippen LogP contribution >= 0.6 is 0 Å². The maximum absolute atomic E-state index is 13.2. The number of rotatable bonds is 6. The molecule has 1 aromatic rings. The van der Waals surface area contributed by atoms with Gasteiger partial charge in [0.1, 0.15) is 16.5 Å². The van der Waals surface area contributed by atoms with Gasteiger partial charge in [0.05, 0.1) is 0 Å². The van der Waals surface area contributed by atoms with Gasteiger partial charge in [-0.3, -0.25) is 0 Å². The van der Waals surface area contributed by atoms with Crippen LogP contribution in [0.25, 0.3) is 0 Å². The van der Waals surface area contributed by atoms with E-state index in [2.05, 4.69) is 10.0 Å². The minimum absolute atomic E-state index is 0.194. The van der Waals surface area contributed by atoms with Crippen molar-refractivity contribution < 1.29 is 17.2 Å². The van der Waals surface area contributed by atoms with Gasteiger partial charge in [-0.2, -0.15) is 0 Å². The van der Waals surface area contributed by atoms with Gasteiger partial charge in [0.25, 0.3) is 0 Å². The van der Waals surface area contributed by atoms with E-state index in [-0.39, 0.29) is 6.54 Å². The van der Waals surface area contributed by atoms with Gasteiger partial charge < -0.3 is 5.32 Å². The van der Waals surface area contributed by atoms with E-state index in [1.54, 1.807) is 7.05 Å². The first-order chi connectivity index (χ1) is 7.97. The monoisotopic (exact) mass is 264 g/mol. The maximum atomic E-state index is 13.2. The zero-order valence-corrected chi connectivity index (χ0v) is 10.2. The van der Waals surface area contributed by atoms with Crippen LogP contribution in [0, 0.1) is 11.6 Å². The Kier molecular flexibility index (Phi) is 4.98. The van der Waals surface area contributed by atoms with Gasteiger partial charge in [0.15, 0.2) is 0 Å². The van der Waals surface area contributed by atoms with Crippen molar-refractivity contribution in [3.05, 3.63) is 29.8 Å². The normalized spacial score (nSPS) is 11.7. The van der Waals surface area contributed by atoms with Gasteiger partial charge in [-0.05, 0) is 32.1 Å². The topological polar surface area (TPSA) is 58.2 Å². The molecular formula is C10H14F2N2O2S. The molecule has 17 heavy (non-hydrogen) atoms. The van der Waals surface area contributed by atoms with Crippen molar-refractivity contribution in [3.63, 3.8) is 0 Å². The van der Waals surface area contributed by atoms with Crippen LogP contribution in [0.15, 0.2) is 23.1 Å². The Morgan fingerprint density at radius 2 is 1.94 bits per heavy atom. The molecule has 0 fully saturated rings. The number of sulfonamides is 1. The third kappa shape index (κ3) is 4.03. The van der Waals surface area contributed by atoms with Crippen LogP contribution in [-0.4, -0.2) is 28.6 Å². The Bertz CT molecular complexity index is 477. The first-order valence-electron chi connectivity index (χ1n) is 5.06. The summed E-state index contributed by atoms with van der Waals surface area (Å²) < 4.78 is 51.4. The van der Waals surface area contributed by atoms with Crippen LogP contribution < -0.4 is 10.0 Å². The lowest BCUT2D eigenvalue weighted by Crippen LogP contribution is -2.27. The molecule has 0 saturated carbocycles. The molecule has 0 unspecified atom stereocenters. The van der Waals surface area contributed by atoms with Gasteiger partial charge in [-0.1, -0.05) is 0 Å². The largest absolute Gasteiger partial charge is 0.320 e. The lowest BCUT2D eigenvalue weighted by molar-refractivity contribution is 0.542. The Hall–Kier alpha value is -1.05. The lowest BCUT2D eigenvalue weighted by atomic mass is 10.3. The summed E-state index contributed by atoms with van der Waals surface area (Å²) in [6, 6.07) is 2.36. The molecule has 0 heterocycles. The predicted octanol–water partition coefficient (Wildman–Crippen LogP) is 0.853. The van der Waals surface area contributed by atoms with Crippen molar-refractivity contribution in [2.24, 2.45) is 0 Å². The fourth-order valence-electron chi connectivity index (χ4n) is 1.24. The molecule has 1 rings (SSSR count). The van der Waals surface area contributed by atoms with E-state index in [4.69, 9.17) is 0 Å². The number of hydrogen-bond donors (Lipinski definition) is 2. The van der Waals surface area contributed by atoms with Crippen LogP contribution in [0.5, 0.6) is 0 Å². The molecule has 0 amide bonds. The van der Waals surface area contributed by atoms with Crippen molar-refractivity contribution >= 4 is 10.0 Å². The molecule has 4 nitrogen and oxygen atoms in total. The molecule has 0 bridgehead atoms. The molecule has 0 aliphatic heterocycles. The highest BCUT2D eigenvalue weighted by molar-refractivity contribution is 7.89. The molecule has 0 saturated heterocycles. The van der Waals surface area contributed by atoms with Crippen molar-refractivity contribution in [2.75, 3.05) is 20.1 Å². The molecule has 0 aromatic heterocycles. The smallest absolute Gasteiger partial charge is 0.243 e. The van der Waals surface area contributed by atoms with E-state index < -0.39 is 26.6 Å². The second-order valence-electron chi connectivity index (χ2n) is 3.43. The second kappa shape index (κ2) is 6.04. The van der Waals surface area contributed by atoms with Crippen molar-refractivity contribution in [1.29, 1.82) is 0 Å². The standard InChI is InChI=1S/C10H14F2N2O2S/c1-13-5-2-6-14-17(15,16)10-4-3-8(11)7-9(10)12/h3-4,7,13-14H,2,5-6H2,1H3. The Balaban J connectivity index is 2.76. The minimum atomic E-state index is -3.91. The average molecular weight is 264 g/mol. The molecule has 7 heteroatoms. The summed E-state index contributed by atoms with van der Waals surface area (Å²) in [6.07, 6.45) is 0.582. The highest BCUT2D eigenvalue weighted by Gasteiger charge is 2.18. The summed E-state index contributed by atoms with van der Waals surface area (Å²) in [5.41, 5.74) is 0. The summed E-state index contributed by atoms with van der Waals surface area (Å²) in [5, 5.41) is 2.85. The fourth-order valence-corrected chi connectivity index (χ4v) is 2.37. The quantitative estimate of drug-likeness (QED) is 0.749. The van der Waals surface area contributed by atoms with Crippen molar-refractivity contribution in [3.8, 4) is 0 Å². The molecule has 2 N–H and O–H groups in total. The number of halogens is 2. The van der Waals surface area contributed by atoms with E-state index in [0.29, 0.717) is 19.0 Å². The highest BCUT2D eigenvalue weighted by Crippen LogP contribution is 2.14. The first kappa shape index (κ1) is 14.0. The Labute approximate surface area is 99.1 Å². The summed E-state index contributed by atoms with van der Waals surface area (Å²) in [5.74, 6) is -1.90. The maximum Gasteiger partial charge on any atom is 0.243 e. The molecule has 96 valence electrons. The molecule has 0 aliphatic carbocycles. The summed E-state index contributed by atoms with van der Waals surface area (Å²) in [7, 11) is -2.16.